The molecule has 0 aliphatic carbocycles. The van der Waals surface area contributed by atoms with Gasteiger partial charge < -0.3 is 19.9 Å². The van der Waals surface area contributed by atoms with Crippen LogP contribution in [-0.4, -0.2) is 25.3 Å². The highest BCUT2D eigenvalue weighted by molar-refractivity contribution is 14.0. The Morgan fingerprint density at radius 2 is 2.00 bits per heavy atom. The topological polar surface area (TPSA) is 71.7 Å². The molecule has 0 saturated carbocycles. The van der Waals surface area contributed by atoms with Gasteiger partial charge in [0.25, 0.3) is 0 Å². The van der Waals surface area contributed by atoms with Crippen LogP contribution in [-0.2, 0) is 24.4 Å². The highest BCUT2D eigenvalue weighted by Crippen LogP contribution is 2.14. The number of hydrogen-bond acceptors (Lipinski definition) is 4. The van der Waals surface area contributed by atoms with E-state index < -0.39 is 0 Å². The predicted octanol–water partition coefficient (Wildman–Crippen LogP) is 3.57. The molecule has 144 valence electrons. The number of hydrogen-bond donors (Lipinski definition) is 2. The van der Waals surface area contributed by atoms with E-state index in [2.05, 4.69) is 34.6 Å². The Bertz CT molecular complexity index is 719. The molecule has 0 saturated heterocycles. The number of halogens is 2. The average Bonchev–Trinajstić information content (AvgIpc) is 3.07. The fourth-order valence-corrected chi connectivity index (χ4v) is 2.27. The lowest BCUT2D eigenvalue weighted by Gasteiger charge is -2.12. The van der Waals surface area contributed by atoms with E-state index in [-0.39, 0.29) is 36.4 Å². The monoisotopic (exact) mass is 476 g/mol. The average molecular weight is 476 g/mol. The molecule has 26 heavy (non-hydrogen) atoms. The van der Waals surface area contributed by atoms with E-state index in [1.807, 2.05) is 6.07 Å². The van der Waals surface area contributed by atoms with Gasteiger partial charge >= 0.3 is 0 Å². The molecule has 0 amide bonds. The van der Waals surface area contributed by atoms with Crippen molar-refractivity contribution in [1.82, 2.24) is 15.8 Å². The first kappa shape index (κ1) is 22.4. The van der Waals surface area contributed by atoms with E-state index in [9.17, 15) is 4.39 Å². The number of nitrogens with zero attached hydrogens (tertiary/aromatic N) is 2. The van der Waals surface area contributed by atoms with Crippen LogP contribution >= 0.6 is 24.0 Å². The molecule has 8 heteroatoms. The standard InChI is InChI=1S/C18H25FN4O2.HI/c1-12(2)17-8-15(25-23-17)10-22-18(20-3)21-9-13-5-6-16(19)14(7-13)11-24-4;/h5-8,12H,9-11H2,1-4H3,(H2,20,21,22);1H. The van der Waals surface area contributed by atoms with Gasteiger partial charge in [-0.05, 0) is 23.6 Å². The van der Waals surface area contributed by atoms with Gasteiger partial charge in [0.15, 0.2) is 11.7 Å². The van der Waals surface area contributed by atoms with Crippen molar-refractivity contribution in [3.05, 3.63) is 52.7 Å². The molecule has 1 heterocycles. The van der Waals surface area contributed by atoms with E-state index in [0.29, 0.717) is 30.5 Å². The van der Waals surface area contributed by atoms with E-state index >= 15 is 0 Å². The molecule has 1 aromatic heterocycles. The van der Waals surface area contributed by atoms with Gasteiger partial charge in [0, 0.05) is 32.3 Å². The maximum atomic E-state index is 13.6. The molecule has 0 spiro atoms. The van der Waals surface area contributed by atoms with Crippen molar-refractivity contribution in [3.63, 3.8) is 0 Å². The molecule has 2 N–H and O–H groups in total. The van der Waals surface area contributed by atoms with Crippen LogP contribution in [0.5, 0.6) is 0 Å². The molecule has 0 aliphatic rings. The normalized spacial score (nSPS) is 11.4. The minimum absolute atomic E-state index is 0. The first-order valence-electron chi connectivity index (χ1n) is 8.19. The SMILES string of the molecule is CN=C(NCc1ccc(F)c(COC)c1)NCc1cc(C(C)C)no1.I. The van der Waals surface area contributed by atoms with Gasteiger partial charge in [0.1, 0.15) is 5.82 Å². The first-order chi connectivity index (χ1) is 12.0. The third kappa shape index (κ3) is 6.56. The summed E-state index contributed by atoms with van der Waals surface area (Å²) in [5.41, 5.74) is 2.41. The molecule has 1 aromatic carbocycles. The van der Waals surface area contributed by atoms with Crippen LogP contribution in [0.2, 0.25) is 0 Å². The third-order valence-electron chi connectivity index (χ3n) is 3.69. The second kappa shape index (κ2) is 11.1. The smallest absolute Gasteiger partial charge is 0.191 e. The zero-order valence-electron chi connectivity index (χ0n) is 15.5. The number of nitrogens with one attached hydrogen (secondary N) is 2. The molecule has 0 radical (unpaired) electrons. The maximum Gasteiger partial charge on any atom is 0.191 e. The number of aliphatic imine (C=N–C) groups is 1. The molecule has 0 atom stereocenters. The molecule has 0 fully saturated rings. The summed E-state index contributed by atoms with van der Waals surface area (Å²) in [6.07, 6.45) is 0. The van der Waals surface area contributed by atoms with Crippen molar-refractivity contribution in [2.24, 2.45) is 4.99 Å². The summed E-state index contributed by atoms with van der Waals surface area (Å²) < 4.78 is 23.9. The number of guanidine groups is 1. The largest absolute Gasteiger partial charge is 0.380 e. The molecule has 2 rings (SSSR count). The third-order valence-corrected chi connectivity index (χ3v) is 3.69. The van der Waals surface area contributed by atoms with Crippen molar-refractivity contribution in [2.75, 3.05) is 14.2 Å². The summed E-state index contributed by atoms with van der Waals surface area (Å²) in [6.45, 7) is 5.38. The van der Waals surface area contributed by atoms with Crippen molar-refractivity contribution in [2.45, 2.75) is 39.5 Å². The Balaban J connectivity index is 0.00000338. The van der Waals surface area contributed by atoms with E-state index in [4.69, 9.17) is 9.26 Å². The molecule has 6 nitrogen and oxygen atoms in total. The molecule has 0 aliphatic heterocycles. The van der Waals surface area contributed by atoms with Gasteiger partial charge in [0.2, 0.25) is 0 Å². The van der Waals surface area contributed by atoms with E-state index in [1.165, 1.54) is 6.07 Å². The molecule has 2 aromatic rings. The lowest BCUT2D eigenvalue weighted by Crippen LogP contribution is -2.36. The molecular formula is C18H26FIN4O2. The van der Waals surface area contributed by atoms with Crippen molar-refractivity contribution < 1.29 is 13.7 Å². The summed E-state index contributed by atoms with van der Waals surface area (Å²) in [4.78, 5) is 4.17. The predicted molar refractivity (Wildman–Crippen MR) is 110 cm³/mol. The molecule has 0 unspecified atom stereocenters. The summed E-state index contributed by atoms with van der Waals surface area (Å²) in [6, 6.07) is 6.90. The number of ether oxygens (including phenoxy) is 1. The number of rotatable bonds is 7. The van der Waals surface area contributed by atoms with Crippen LogP contribution in [0.15, 0.2) is 33.8 Å². The first-order valence-corrected chi connectivity index (χ1v) is 8.19. The van der Waals surface area contributed by atoms with E-state index in [1.54, 1.807) is 26.3 Å². The zero-order chi connectivity index (χ0) is 18.2. The Labute approximate surface area is 170 Å². The van der Waals surface area contributed by atoms with Gasteiger partial charge in [-0.15, -0.1) is 24.0 Å². The van der Waals surface area contributed by atoms with Crippen molar-refractivity contribution in [3.8, 4) is 0 Å². The fraction of sp³-hybridized carbons (Fsp3) is 0.444. The minimum atomic E-state index is -0.264. The van der Waals surface area contributed by atoms with Gasteiger partial charge in [-0.1, -0.05) is 25.1 Å². The van der Waals surface area contributed by atoms with Crippen LogP contribution in [0, 0.1) is 5.82 Å². The second-order valence-electron chi connectivity index (χ2n) is 6.01. The van der Waals surface area contributed by atoms with Gasteiger partial charge in [0.05, 0.1) is 18.8 Å². The van der Waals surface area contributed by atoms with Crippen molar-refractivity contribution in [1.29, 1.82) is 0 Å². The van der Waals surface area contributed by atoms with Crippen LogP contribution < -0.4 is 10.6 Å². The number of methoxy groups -OCH3 is 1. The molecule has 0 bridgehead atoms. The molecular weight excluding hydrogens is 450 g/mol. The second-order valence-corrected chi connectivity index (χ2v) is 6.01. The number of aromatic nitrogens is 1. The Morgan fingerprint density at radius 3 is 2.62 bits per heavy atom. The van der Waals surface area contributed by atoms with E-state index in [0.717, 1.165) is 17.0 Å². The highest BCUT2D eigenvalue weighted by Gasteiger charge is 2.08. The van der Waals surface area contributed by atoms with Crippen LogP contribution in [0.3, 0.4) is 0 Å². The van der Waals surface area contributed by atoms with Gasteiger partial charge in [-0.2, -0.15) is 0 Å². The van der Waals surface area contributed by atoms with Crippen LogP contribution in [0.1, 0.15) is 42.3 Å². The minimum Gasteiger partial charge on any atom is -0.380 e. The fourth-order valence-electron chi connectivity index (χ4n) is 2.27. The summed E-state index contributed by atoms with van der Waals surface area (Å²) >= 11 is 0. The Hall–Kier alpha value is -1.68. The van der Waals surface area contributed by atoms with Gasteiger partial charge in [-0.3, -0.25) is 4.99 Å². The summed E-state index contributed by atoms with van der Waals surface area (Å²) in [5, 5.41) is 10.4. The zero-order valence-corrected chi connectivity index (χ0v) is 17.8. The van der Waals surface area contributed by atoms with Crippen LogP contribution in [0.4, 0.5) is 4.39 Å². The van der Waals surface area contributed by atoms with Crippen molar-refractivity contribution >= 4 is 29.9 Å². The Morgan fingerprint density at radius 1 is 1.27 bits per heavy atom. The lowest BCUT2D eigenvalue weighted by atomic mass is 10.1. The van der Waals surface area contributed by atoms with Gasteiger partial charge in [-0.25, -0.2) is 4.39 Å². The van der Waals surface area contributed by atoms with Crippen LogP contribution in [0.25, 0.3) is 0 Å². The lowest BCUT2D eigenvalue weighted by molar-refractivity contribution is 0.181. The Kier molecular flexibility index (Phi) is 9.57. The summed E-state index contributed by atoms with van der Waals surface area (Å²) in [7, 11) is 3.24. The number of benzene rings is 1. The maximum absolute atomic E-state index is 13.6. The quantitative estimate of drug-likeness (QED) is 0.363. The highest BCUT2D eigenvalue weighted by atomic mass is 127. The summed E-state index contributed by atoms with van der Waals surface area (Å²) in [5.74, 6) is 1.44.